The second-order valence-electron chi connectivity index (χ2n) is 6.21. The third-order valence-corrected chi connectivity index (χ3v) is 4.30. The molecule has 29 heavy (non-hydrogen) atoms. The van der Waals surface area contributed by atoms with Crippen LogP contribution in [0.2, 0.25) is 0 Å². The molecule has 0 aliphatic heterocycles. The van der Waals surface area contributed by atoms with Crippen LogP contribution in [0.15, 0.2) is 61.2 Å². The number of nitrogens with one attached hydrogen (secondary N) is 2. The maximum absolute atomic E-state index is 13.7. The van der Waals surface area contributed by atoms with E-state index in [0.29, 0.717) is 23.5 Å². The number of aromatic amines is 1. The average Bonchev–Trinajstić information content (AvgIpc) is 3.11. The fourth-order valence-electron chi connectivity index (χ4n) is 2.92. The first-order valence-corrected chi connectivity index (χ1v) is 8.38. The summed E-state index contributed by atoms with van der Waals surface area (Å²) in [7, 11) is 0. The molecule has 3 heterocycles. The zero-order valence-corrected chi connectivity index (χ0v) is 14.6. The minimum absolute atomic E-state index is 0.239. The second kappa shape index (κ2) is 7.01. The van der Waals surface area contributed by atoms with Crippen LogP contribution in [0.25, 0.3) is 22.2 Å². The Hall–Kier alpha value is -3.75. The summed E-state index contributed by atoms with van der Waals surface area (Å²) in [5, 5.41) is 3.24. The molecule has 3 aromatic heterocycles. The summed E-state index contributed by atoms with van der Waals surface area (Å²) in [4.78, 5) is 23.7. The summed E-state index contributed by atoms with van der Waals surface area (Å²) in [6, 6.07) is 7.34. The zero-order chi connectivity index (χ0) is 20.6. The molecular formula is C20H12F4N4O. The van der Waals surface area contributed by atoms with E-state index < -0.39 is 23.5 Å². The quantitative estimate of drug-likeness (QED) is 0.474. The highest BCUT2D eigenvalue weighted by atomic mass is 19.4. The molecule has 0 aliphatic rings. The van der Waals surface area contributed by atoms with Gasteiger partial charge in [0.05, 0.1) is 17.4 Å². The summed E-state index contributed by atoms with van der Waals surface area (Å²) >= 11 is 0. The Morgan fingerprint density at radius 3 is 2.62 bits per heavy atom. The largest absolute Gasteiger partial charge is 0.419 e. The van der Waals surface area contributed by atoms with Crippen LogP contribution in [0.1, 0.15) is 15.9 Å². The third kappa shape index (κ3) is 3.66. The topological polar surface area (TPSA) is 70.7 Å². The number of fused-ring (bicyclic) bond motifs is 1. The molecule has 1 amide bonds. The molecule has 1 aromatic carbocycles. The first-order chi connectivity index (χ1) is 13.8. The molecule has 0 unspecified atom stereocenters. The van der Waals surface area contributed by atoms with Crippen LogP contribution >= 0.6 is 0 Å². The Bertz CT molecular complexity index is 1200. The van der Waals surface area contributed by atoms with Gasteiger partial charge >= 0.3 is 6.18 Å². The van der Waals surface area contributed by atoms with Gasteiger partial charge < -0.3 is 10.3 Å². The van der Waals surface area contributed by atoms with Gasteiger partial charge in [-0.3, -0.25) is 9.78 Å². The van der Waals surface area contributed by atoms with Gasteiger partial charge in [-0.05, 0) is 30.3 Å². The number of pyridine rings is 2. The molecule has 0 aliphatic carbocycles. The molecule has 0 radical (unpaired) electrons. The van der Waals surface area contributed by atoms with Crippen molar-refractivity contribution in [3.8, 4) is 11.1 Å². The number of carbonyl (C=O) groups excluding carboxylic acids is 1. The van der Waals surface area contributed by atoms with E-state index in [1.165, 1.54) is 6.20 Å². The molecule has 0 bridgehead atoms. The van der Waals surface area contributed by atoms with E-state index in [9.17, 15) is 22.4 Å². The van der Waals surface area contributed by atoms with Gasteiger partial charge in [-0.15, -0.1) is 0 Å². The number of H-pyrrole nitrogens is 1. The van der Waals surface area contributed by atoms with Crippen LogP contribution in [0, 0.1) is 5.82 Å². The lowest BCUT2D eigenvalue weighted by atomic mass is 10.1. The van der Waals surface area contributed by atoms with Gasteiger partial charge in [-0.25, -0.2) is 9.37 Å². The normalized spacial score (nSPS) is 11.6. The first kappa shape index (κ1) is 18.6. The van der Waals surface area contributed by atoms with Crippen LogP contribution < -0.4 is 5.32 Å². The monoisotopic (exact) mass is 400 g/mol. The maximum atomic E-state index is 13.7. The van der Waals surface area contributed by atoms with E-state index in [1.54, 1.807) is 30.7 Å². The molecule has 0 saturated heterocycles. The molecule has 146 valence electrons. The summed E-state index contributed by atoms with van der Waals surface area (Å²) in [5.41, 5.74) is 0.892. The van der Waals surface area contributed by atoms with Crippen LogP contribution in [-0.4, -0.2) is 20.9 Å². The summed E-state index contributed by atoms with van der Waals surface area (Å²) in [6.07, 6.45) is 1.64. The smallest absolute Gasteiger partial charge is 0.346 e. The molecule has 5 nitrogen and oxygen atoms in total. The third-order valence-electron chi connectivity index (χ3n) is 4.30. The SMILES string of the molecule is O=C(Nc1cnc2[nH]cc(-c3cccnc3)c2c1)c1ccc(C(F)(F)F)c(F)c1. The Labute approximate surface area is 161 Å². The van der Waals surface area contributed by atoms with Crippen molar-refractivity contribution >= 4 is 22.6 Å². The van der Waals surface area contributed by atoms with Crippen LogP contribution in [0.3, 0.4) is 0 Å². The zero-order valence-electron chi connectivity index (χ0n) is 14.6. The van der Waals surface area contributed by atoms with Crippen molar-refractivity contribution in [3.63, 3.8) is 0 Å². The number of aromatic nitrogens is 3. The molecule has 2 N–H and O–H groups in total. The Kier molecular flexibility index (Phi) is 4.50. The lowest BCUT2D eigenvalue weighted by Gasteiger charge is -2.10. The van der Waals surface area contributed by atoms with Crippen molar-refractivity contribution in [2.75, 3.05) is 5.32 Å². The van der Waals surface area contributed by atoms with Gasteiger partial charge in [0, 0.05) is 40.7 Å². The van der Waals surface area contributed by atoms with Crippen molar-refractivity contribution in [1.82, 2.24) is 15.0 Å². The predicted molar refractivity (Wildman–Crippen MR) is 98.7 cm³/mol. The van der Waals surface area contributed by atoms with Crippen LogP contribution in [-0.2, 0) is 6.18 Å². The fourth-order valence-corrected chi connectivity index (χ4v) is 2.92. The van der Waals surface area contributed by atoms with Crippen molar-refractivity contribution < 1.29 is 22.4 Å². The predicted octanol–water partition coefficient (Wildman–Crippen LogP) is 5.04. The van der Waals surface area contributed by atoms with Gasteiger partial charge in [-0.2, -0.15) is 13.2 Å². The standard InChI is InChI=1S/C20H12F4N4O/c21-17-6-11(3-4-16(17)20(22,23)24)19(29)28-13-7-14-15(10-27-18(14)26-9-13)12-2-1-5-25-8-12/h1-10H,(H,26,27)(H,28,29). The van der Waals surface area contributed by atoms with Crippen molar-refractivity contribution in [3.05, 3.63) is 78.1 Å². The molecule has 4 aromatic rings. The van der Waals surface area contributed by atoms with E-state index in [4.69, 9.17) is 0 Å². The van der Waals surface area contributed by atoms with E-state index >= 15 is 0 Å². The lowest BCUT2D eigenvalue weighted by Crippen LogP contribution is -2.14. The molecule has 0 spiro atoms. The molecule has 0 atom stereocenters. The number of alkyl halides is 3. The highest BCUT2D eigenvalue weighted by Crippen LogP contribution is 2.32. The molecule has 0 fully saturated rings. The van der Waals surface area contributed by atoms with Gasteiger partial charge in [-0.1, -0.05) is 6.07 Å². The van der Waals surface area contributed by atoms with Gasteiger partial charge in [0.25, 0.3) is 5.91 Å². The summed E-state index contributed by atoms with van der Waals surface area (Å²) < 4.78 is 51.7. The maximum Gasteiger partial charge on any atom is 0.419 e. The minimum atomic E-state index is -4.83. The highest BCUT2D eigenvalue weighted by Gasteiger charge is 2.34. The van der Waals surface area contributed by atoms with E-state index in [1.807, 2.05) is 6.07 Å². The Morgan fingerprint density at radius 1 is 1.10 bits per heavy atom. The van der Waals surface area contributed by atoms with Crippen LogP contribution in [0.5, 0.6) is 0 Å². The molecule has 9 heteroatoms. The molecule has 0 saturated carbocycles. The van der Waals surface area contributed by atoms with Gasteiger partial charge in [0.1, 0.15) is 11.5 Å². The summed E-state index contributed by atoms with van der Waals surface area (Å²) in [6.45, 7) is 0. The molecular weight excluding hydrogens is 388 g/mol. The summed E-state index contributed by atoms with van der Waals surface area (Å²) in [5.74, 6) is -2.26. The van der Waals surface area contributed by atoms with Crippen molar-refractivity contribution in [2.45, 2.75) is 6.18 Å². The van der Waals surface area contributed by atoms with E-state index in [0.717, 1.165) is 22.6 Å². The number of nitrogens with zero attached hydrogens (tertiary/aromatic N) is 2. The highest BCUT2D eigenvalue weighted by molar-refractivity contribution is 6.05. The average molecular weight is 400 g/mol. The minimum Gasteiger partial charge on any atom is -0.346 e. The van der Waals surface area contributed by atoms with Crippen molar-refractivity contribution in [2.24, 2.45) is 0 Å². The lowest BCUT2D eigenvalue weighted by molar-refractivity contribution is -0.140. The number of anilines is 1. The number of hydrogen-bond donors (Lipinski definition) is 2. The van der Waals surface area contributed by atoms with E-state index in [2.05, 4.69) is 20.3 Å². The number of halogens is 4. The van der Waals surface area contributed by atoms with Gasteiger partial charge in [0.15, 0.2) is 0 Å². The first-order valence-electron chi connectivity index (χ1n) is 8.38. The second-order valence-corrected chi connectivity index (χ2v) is 6.21. The van der Waals surface area contributed by atoms with Crippen molar-refractivity contribution in [1.29, 1.82) is 0 Å². The number of hydrogen-bond acceptors (Lipinski definition) is 3. The van der Waals surface area contributed by atoms with Gasteiger partial charge in [0.2, 0.25) is 0 Å². The Morgan fingerprint density at radius 2 is 1.93 bits per heavy atom. The number of rotatable bonds is 3. The molecule has 4 rings (SSSR count). The number of amides is 1. The van der Waals surface area contributed by atoms with Crippen LogP contribution in [0.4, 0.5) is 23.2 Å². The Balaban J connectivity index is 1.63. The fraction of sp³-hybridized carbons (Fsp3) is 0.0500. The number of benzene rings is 1. The van der Waals surface area contributed by atoms with E-state index in [-0.39, 0.29) is 5.56 Å². The number of carbonyl (C=O) groups is 1.